The van der Waals surface area contributed by atoms with Gasteiger partial charge in [-0.2, -0.15) is 10.2 Å². The van der Waals surface area contributed by atoms with E-state index in [2.05, 4.69) is 20.2 Å². The van der Waals surface area contributed by atoms with Crippen molar-refractivity contribution in [3.05, 3.63) is 146 Å². The number of halogens is 2. The van der Waals surface area contributed by atoms with Crippen molar-refractivity contribution in [3.8, 4) is 0 Å². The van der Waals surface area contributed by atoms with Crippen LogP contribution in [0.15, 0.2) is 129 Å². The van der Waals surface area contributed by atoms with Gasteiger partial charge in [-0.05, 0) is 39.2 Å². The Balaban J connectivity index is 0.000000518. The summed E-state index contributed by atoms with van der Waals surface area (Å²) in [6.45, 7) is 6.59. The van der Waals surface area contributed by atoms with Gasteiger partial charge >= 0.3 is 11.9 Å². The van der Waals surface area contributed by atoms with Crippen LogP contribution < -0.4 is 5.73 Å². The number of hydrogen-bond acceptors (Lipinski definition) is 22. The number of aliphatic hydroxyl groups excluding tert-OH is 9. The number of hydrogen-bond donors (Lipinski definition) is 13. The van der Waals surface area contributed by atoms with E-state index in [0.717, 1.165) is 12.1 Å². The number of nitrogens with two attached hydrogens (primary N) is 1. The number of esters is 1. The number of aliphatic carboxylic acids is 1. The highest BCUT2D eigenvalue weighted by Gasteiger charge is 2.51. The zero-order chi connectivity index (χ0) is 64.0. The Bertz CT molecular complexity index is 2730. The number of carbonyl (C=O) groups is 2. The molecule has 3 aliphatic heterocycles. The van der Waals surface area contributed by atoms with Crippen LogP contribution in [0.4, 0.5) is 8.78 Å². The van der Waals surface area contributed by atoms with Crippen molar-refractivity contribution in [2.45, 2.75) is 195 Å². The Morgan fingerprint density at radius 2 is 1.29 bits per heavy atom. The molecule has 19 atom stereocenters. The first-order chi connectivity index (χ1) is 41.2. The van der Waals surface area contributed by atoms with Gasteiger partial charge in [0.2, 0.25) is 0 Å². The first-order valence-electron chi connectivity index (χ1n) is 28.7. The molecule has 2 aromatic heterocycles. The molecule has 5 heterocycles. The average molecular weight is 1230 g/mol. The number of fused-ring (bicyclic) bond motifs is 2. The summed E-state index contributed by atoms with van der Waals surface area (Å²) in [7, 11) is 0. The van der Waals surface area contributed by atoms with Crippen LogP contribution in [0.2, 0.25) is 0 Å². The van der Waals surface area contributed by atoms with Gasteiger partial charge in [0, 0.05) is 49.1 Å². The minimum atomic E-state index is -2.33. The number of carboxylic acids is 1. The van der Waals surface area contributed by atoms with Crippen molar-refractivity contribution in [1.82, 2.24) is 29.5 Å². The fraction of sp³-hybridized carbons (Fsp3) is 0.567. The summed E-state index contributed by atoms with van der Waals surface area (Å²) in [6, 6.07) is 1.87. The summed E-state index contributed by atoms with van der Waals surface area (Å²) in [5.41, 5.74) is 4.27. The fourth-order valence-corrected chi connectivity index (χ4v) is 10.2. The van der Waals surface area contributed by atoms with Gasteiger partial charge in [-0.15, -0.1) is 0 Å². The normalized spacial score (nSPS) is 34.4. The van der Waals surface area contributed by atoms with Gasteiger partial charge in [-0.25, -0.2) is 28.1 Å². The maximum Gasteiger partial charge on any atom is 0.311 e. The van der Waals surface area contributed by atoms with E-state index < -0.39 is 164 Å². The van der Waals surface area contributed by atoms with Crippen LogP contribution >= 0.6 is 0 Å². The van der Waals surface area contributed by atoms with E-state index >= 15 is 0 Å². The molecule has 0 radical (unpaired) electrons. The molecule has 6 rings (SSSR count). The molecule has 2 fully saturated rings. The molecule has 14 N–H and O–H groups in total. The van der Waals surface area contributed by atoms with Crippen molar-refractivity contribution in [3.63, 3.8) is 0 Å². The van der Waals surface area contributed by atoms with Crippen LogP contribution in [0.5, 0.6) is 0 Å². The maximum atomic E-state index is 14.1. The molecular weight excluding hydrogens is 1140 g/mol. The molecule has 25 nitrogen and oxygen atoms in total. The van der Waals surface area contributed by atoms with Crippen molar-refractivity contribution >= 4 is 11.9 Å². The Labute approximate surface area is 503 Å². The van der Waals surface area contributed by atoms with Gasteiger partial charge in [0.15, 0.2) is 12.1 Å². The predicted molar refractivity (Wildman–Crippen MR) is 307 cm³/mol. The number of aliphatic hydroxyl groups is 11. The Kier molecular flexibility index (Phi) is 28.5. The molecule has 0 unspecified atom stereocenters. The Morgan fingerprint density at radius 3 is 1.84 bits per heavy atom. The lowest BCUT2D eigenvalue weighted by molar-refractivity contribution is -0.308. The van der Waals surface area contributed by atoms with Crippen molar-refractivity contribution in [1.29, 1.82) is 0 Å². The first kappa shape index (κ1) is 71.6. The minimum absolute atomic E-state index is 0.0556. The SMILES string of the molecule is C[C@@H]1[C@H](O)[C@@H](C)C=CC=CC=CC=CC=CC=CC=C[C@H](O[C@@H]2O[C@H](C)[C@@H](O)[C@H](N)[C@@H]2O)C[C@@H]2O[C@](O)(C[C@@H](O)C[C@@H](O)[C@H](O)CC[C@@H](O)C[C@@H](O)CC(=O)O[C@H]1C)C[C@H](O)[C@H]2C(=O)O.OC(Cn1cncn1)(Cn1cncn1)c1ccc(F)cc1F. The van der Waals surface area contributed by atoms with Gasteiger partial charge in [0.25, 0.3) is 0 Å². The first-order valence-corrected chi connectivity index (χ1v) is 28.7. The lowest BCUT2D eigenvalue weighted by Crippen LogP contribution is -2.61. The summed E-state index contributed by atoms with van der Waals surface area (Å²) in [5.74, 6) is -8.39. The molecule has 3 aliphatic rings. The topological polar surface area (TPSA) is 401 Å². The van der Waals surface area contributed by atoms with Gasteiger partial charge in [0.1, 0.15) is 60.7 Å². The van der Waals surface area contributed by atoms with E-state index in [4.69, 9.17) is 24.7 Å². The van der Waals surface area contributed by atoms with Gasteiger partial charge in [-0.1, -0.05) is 105 Å². The number of carbonyl (C=O) groups excluding carboxylic acids is 1. The molecule has 87 heavy (non-hydrogen) atoms. The van der Waals surface area contributed by atoms with E-state index in [1.54, 1.807) is 80.7 Å². The number of allylic oxidation sites excluding steroid dienone is 12. The van der Waals surface area contributed by atoms with Gasteiger partial charge < -0.3 is 86.0 Å². The molecular formula is C60H85F2N7O18. The Hall–Kier alpha value is -6.12. The summed E-state index contributed by atoms with van der Waals surface area (Å²) in [6.07, 6.45) is 8.86. The highest BCUT2D eigenvalue weighted by Crippen LogP contribution is 2.38. The summed E-state index contributed by atoms with van der Waals surface area (Å²) in [5, 5.41) is 137. The van der Waals surface area contributed by atoms with E-state index in [0.29, 0.717) is 0 Å². The quantitative estimate of drug-likeness (QED) is 0.142. The van der Waals surface area contributed by atoms with Crippen LogP contribution in [-0.2, 0) is 47.2 Å². The second-order valence-electron chi connectivity index (χ2n) is 22.4. The fourth-order valence-electron chi connectivity index (χ4n) is 10.2. The maximum absolute atomic E-state index is 14.1. The van der Waals surface area contributed by atoms with E-state index in [9.17, 15) is 79.6 Å². The number of rotatable bonds is 8. The molecule has 0 amide bonds. The summed E-state index contributed by atoms with van der Waals surface area (Å²) >= 11 is 0. The smallest absolute Gasteiger partial charge is 0.311 e. The standard InChI is InChI=1S/C47H73NO17.C13H12F2N6O/c1-27-17-15-13-11-9-7-5-6-8-10-12-14-16-18-34(64-46-44(58)41(48)43(57)30(4)63-46)24-38-40(45(59)60)37(54)26-47(61,65-38)25-33(51)22-36(53)35(52)20-19-31(49)21-32(50)23-39(55)62-29(3)28(2)42(27)56;14-10-1-2-11(12(15)3-10)13(22,4-20-8-16-6-18-20)5-21-9-17-7-19-21/h5-18,27-38,40-44,46,49-54,56-58,61H,19-26,48H2,1-4H3,(H,59,60);1-3,6-9,22H,4-5H2/t27-,28-,29-,30+,31+,32+,33-,34-,35+,36+,37-,38-,40+,41-,42+,43+,44-,46-,47+;/m0./s1. The van der Waals surface area contributed by atoms with Crippen LogP contribution in [-0.4, -0.2) is 200 Å². The van der Waals surface area contributed by atoms with Crippen molar-refractivity contribution in [2.75, 3.05) is 0 Å². The molecule has 1 aromatic carbocycles. The summed E-state index contributed by atoms with van der Waals surface area (Å²) in [4.78, 5) is 32.6. The van der Waals surface area contributed by atoms with E-state index in [-0.39, 0.29) is 50.3 Å². The highest BCUT2D eigenvalue weighted by atomic mass is 19.1. The third-order valence-corrected chi connectivity index (χ3v) is 15.2. The number of nitrogens with zero attached hydrogens (tertiary/aromatic N) is 6. The van der Waals surface area contributed by atoms with Gasteiger partial charge in [0.05, 0.1) is 92.7 Å². The lowest BCUT2D eigenvalue weighted by Gasteiger charge is -2.45. The number of aromatic nitrogens is 6. The van der Waals surface area contributed by atoms with E-state index in [1.165, 1.54) is 53.7 Å². The number of ether oxygens (including phenoxy) is 4. The summed E-state index contributed by atoms with van der Waals surface area (Å²) < 4.78 is 53.1. The van der Waals surface area contributed by atoms with Crippen LogP contribution in [0.1, 0.15) is 84.6 Å². The van der Waals surface area contributed by atoms with Crippen LogP contribution in [0, 0.1) is 29.4 Å². The zero-order valence-corrected chi connectivity index (χ0v) is 48.9. The molecule has 2 bridgehead atoms. The largest absolute Gasteiger partial charge is 0.481 e. The zero-order valence-electron chi connectivity index (χ0n) is 48.9. The molecule has 2 saturated heterocycles. The van der Waals surface area contributed by atoms with Crippen LogP contribution in [0.25, 0.3) is 0 Å². The molecule has 3 aromatic rings. The monoisotopic (exact) mass is 1230 g/mol. The van der Waals surface area contributed by atoms with E-state index in [1.807, 2.05) is 19.1 Å². The van der Waals surface area contributed by atoms with Gasteiger partial charge in [-0.3, -0.25) is 9.59 Å². The lowest BCUT2D eigenvalue weighted by atomic mass is 9.82. The van der Waals surface area contributed by atoms with Crippen LogP contribution in [0.3, 0.4) is 0 Å². The number of benzene rings is 1. The Morgan fingerprint density at radius 1 is 0.713 bits per heavy atom. The molecule has 482 valence electrons. The molecule has 0 saturated carbocycles. The predicted octanol–water partition coefficient (Wildman–Crippen LogP) is 1.45. The van der Waals surface area contributed by atoms with Crippen molar-refractivity contribution in [2.24, 2.45) is 23.5 Å². The second-order valence-corrected chi connectivity index (χ2v) is 22.4. The average Bonchev–Trinajstić information content (AvgIpc) is 4.15. The minimum Gasteiger partial charge on any atom is -0.481 e. The third-order valence-electron chi connectivity index (χ3n) is 15.2. The second kappa shape index (κ2) is 34.6. The molecule has 27 heteroatoms. The third kappa shape index (κ3) is 22.8. The molecule has 0 spiro atoms. The highest BCUT2D eigenvalue weighted by molar-refractivity contribution is 5.71. The number of carboxylic acid groups (broad SMARTS) is 1. The number of cyclic esters (lactones) is 1. The molecule has 0 aliphatic carbocycles. The van der Waals surface area contributed by atoms with Crippen molar-refractivity contribution < 1.29 is 98.6 Å².